The summed E-state index contributed by atoms with van der Waals surface area (Å²) in [5.74, 6) is -1.55. The first-order chi connectivity index (χ1) is 6.11. The third kappa shape index (κ3) is 2.43. The van der Waals surface area contributed by atoms with Crippen molar-refractivity contribution in [2.45, 2.75) is 0 Å². The van der Waals surface area contributed by atoms with Crippen LogP contribution in [0.1, 0.15) is 0 Å². The summed E-state index contributed by atoms with van der Waals surface area (Å²) < 4.78 is 4.58. The normalized spacial score (nSPS) is 22.2. The van der Waals surface area contributed by atoms with E-state index in [0.29, 0.717) is 0 Å². The van der Waals surface area contributed by atoms with E-state index in [2.05, 4.69) is 4.74 Å². The molecule has 4 nitrogen and oxygen atoms in total. The van der Waals surface area contributed by atoms with E-state index in [0.717, 1.165) is 6.26 Å². The van der Waals surface area contributed by atoms with Crippen LogP contribution in [0.4, 0.5) is 0 Å². The van der Waals surface area contributed by atoms with Crippen LogP contribution < -0.4 is 0 Å². The molecular weight excluding hydrogens is 170 g/mol. The number of ether oxygens (including phenoxy) is 1. The monoisotopic (exact) mass is 181 g/mol. The fourth-order valence-corrected chi connectivity index (χ4v) is 0.893. The van der Waals surface area contributed by atoms with Gasteiger partial charge in [0.05, 0.1) is 6.26 Å². The van der Waals surface area contributed by atoms with Crippen LogP contribution in [0.5, 0.6) is 0 Å². The predicted octanol–water partition coefficient (Wildman–Crippen LogP) is 0.317. The molecule has 0 aromatic carbocycles. The molecule has 1 atom stereocenters. The molecule has 0 aromatic heterocycles. The number of hydrogen-bond acceptors (Lipinski definition) is 4. The van der Waals surface area contributed by atoms with E-state index in [1.165, 1.54) is 12.2 Å². The van der Waals surface area contributed by atoms with Crippen molar-refractivity contribution >= 4 is 11.8 Å². The lowest BCUT2D eigenvalue weighted by molar-refractivity contribution is -0.145. The number of carbonyl (C=O) groups is 2. The molecule has 13 heavy (non-hydrogen) atoms. The number of carbonyl (C=O) groups excluding carboxylic acids is 2. The van der Waals surface area contributed by atoms with Crippen molar-refractivity contribution < 1.29 is 14.3 Å². The summed E-state index contributed by atoms with van der Waals surface area (Å²) in [6.45, 7) is 0. The quantitative estimate of drug-likeness (QED) is 0.454. The second kappa shape index (κ2) is 3.89. The van der Waals surface area contributed by atoms with Crippen molar-refractivity contribution in [1.29, 1.82) is 0 Å². The lowest BCUT2D eigenvalue weighted by atomic mass is 10.0. The van der Waals surface area contributed by atoms with E-state index in [-0.39, 0.29) is 5.78 Å². The summed E-state index contributed by atoms with van der Waals surface area (Å²) in [6.07, 6.45) is 5.55. The van der Waals surface area contributed by atoms with Crippen LogP contribution in [0.25, 0.3) is 0 Å². The molecule has 0 N–H and O–H groups in total. The Bertz CT molecular complexity index is 279. The van der Waals surface area contributed by atoms with Crippen LogP contribution in [0.3, 0.4) is 0 Å². The van der Waals surface area contributed by atoms with Crippen molar-refractivity contribution in [3.63, 3.8) is 0 Å². The van der Waals surface area contributed by atoms with Gasteiger partial charge in [-0.1, -0.05) is 0 Å². The summed E-state index contributed by atoms with van der Waals surface area (Å²) in [5.41, 5.74) is 0. The average molecular weight is 181 g/mol. The number of esters is 1. The van der Waals surface area contributed by atoms with Crippen LogP contribution in [0.15, 0.2) is 24.6 Å². The molecule has 70 valence electrons. The largest absolute Gasteiger partial charge is 0.434 e. The lowest BCUT2D eigenvalue weighted by Gasteiger charge is -2.12. The molecule has 0 saturated carbocycles. The Morgan fingerprint density at radius 2 is 2.15 bits per heavy atom. The smallest absolute Gasteiger partial charge is 0.325 e. The topological polar surface area (TPSA) is 46.6 Å². The Kier molecular flexibility index (Phi) is 2.84. The second-order valence-corrected chi connectivity index (χ2v) is 2.92. The fourth-order valence-electron chi connectivity index (χ4n) is 0.893. The molecular formula is C9H11NO3. The lowest BCUT2D eigenvalue weighted by Crippen LogP contribution is -2.25. The molecule has 0 aromatic rings. The van der Waals surface area contributed by atoms with Crippen molar-refractivity contribution in [3.8, 4) is 0 Å². The number of allylic oxidation sites excluding steroid dienone is 1. The van der Waals surface area contributed by atoms with Gasteiger partial charge in [0.2, 0.25) is 0 Å². The number of nitrogens with zero attached hydrogens (tertiary/aromatic N) is 1. The first-order valence-corrected chi connectivity index (χ1v) is 3.87. The van der Waals surface area contributed by atoms with Gasteiger partial charge in [0.1, 0.15) is 5.92 Å². The molecule has 0 spiro atoms. The summed E-state index contributed by atoms with van der Waals surface area (Å²) >= 11 is 0. The number of ketones is 1. The van der Waals surface area contributed by atoms with Crippen LogP contribution in [-0.2, 0) is 14.3 Å². The Morgan fingerprint density at radius 3 is 2.69 bits per heavy atom. The maximum Gasteiger partial charge on any atom is 0.325 e. The number of hydrogen-bond donors (Lipinski definition) is 0. The van der Waals surface area contributed by atoms with Gasteiger partial charge in [-0.15, -0.1) is 0 Å². The minimum absolute atomic E-state index is 0.241. The standard InChI is InChI=1S/C9H11NO3/c1-10(2)5-3-7-8(11)4-6-13-9(7)12/h3-7H,1-2H3/b5-3+. The minimum Gasteiger partial charge on any atom is -0.434 e. The molecule has 1 unspecified atom stereocenters. The molecule has 0 bridgehead atoms. The van der Waals surface area contributed by atoms with Gasteiger partial charge in [0.15, 0.2) is 5.78 Å². The molecule has 1 aliphatic heterocycles. The van der Waals surface area contributed by atoms with Gasteiger partial charge in [0, 0.05) is 20.2 Å². The zero-order valence-corrected chi connectivity index (χ0v) is 7.56. The number of cyclic esters (lactones) is 1. The van der Waals surface area contributed by atoms with E-state index >= 15 is 0 Å². The highest BCUT2D eigenvalue weighted by Crippen LogP contribution is 2.10. The van der Waals surface area contributed by atoms with Crippen LogP contribution in [0.2, 0.25) is 0 Å². The fraction of sp³-hybridized carbons (Fsp3) is 0.333. The molecule has 1 aliphatic rings. The van der Waals surface area contributed by atoms with E-state index < -0.39 is 11.9 Å². The van der Waals surface area contributed by atoms with E-state index in [1.54, 1.807) is 11.1 Å². The molecule has 1 heterocycles. The van der Waals surface area contributed by atoms with E-state index in [4.69, 9.17) is 0 Å². The van der Waals surface area contributed by atoms with Gasteiger partial charge in [-0.05, 0) is 12.3 Å². The molecule has 0 aliphatic carbocycles. The van der Waals surface area contributed by atoms with Gasteiger partial charge in [0.25, 0.3) is 0 Å². The second-order valence-electron chi connectivity index (χ2n) is 2.92. The highest BCUT2D eigenvalue weighted by atomic mass is 16.5. The van der Waals surface area contributed by atoms with Gasteiger partial charge in [-0.3, -0.25) is 9.59 Å². The maximum absolute atomic E-state index is 11.2. The third-order valence-electron chi connectivity index (χ3n) is 1.55. The average Bonchev–Trinajstić information content (AvgIpc) is 2.03. The van der Waals surface area contributed by atoms with Crippen molar-refractivity contribution in [1.82, 2.24) is 4.90 Å². The molecule has 0 amide bonds. The summed E-state index contributed by atoms with van der Waals surface area (Å²) in [5, 5.41) is 0. The molecule has 0 radical (unpaired) electrons. The Hall–Kier alpha value is -1.58. The maximum atomic E-state index is 11.2. The van der Waals surface area contributed by atoms with Crippen molar-refractivity contribution in [2.24, 2.45) is 5.92 Å². The molecule has 0 fully saturated rings. The van der Waals surface area contributed by atoms with Gasteiger partial charge in [-0.2, -0.15) is 0 Å². The van der Waals surface area contributed by atoms with Crippen LogP contribution >= 0.6 is 0 Å². The van der Waals surface area contributed by atoms with Gasteiger partial charge >= 0.3 is 5.97 Å². The third-order valence-corrected chi connectivity index (χ3v) is 1.55. The highest BCUT2D eigenvalue weighted by Gasteiger charge is 2.26. The van der Waals surface area contributed by atoms with Crippen LogP contribution in [0, 0.1) is 5.92 Å². The number of rotatable bonds is 2. The van der Waals surface area contributed by atoms with E-state index in [1.807, 2.05) is 14.1 Å². The van der Waals surface area contributed by atoms with E-state index in [9.17, 15) is 9.59 Å². The zero-order chi connectivity index (χ0) is 9.84. The predicted molar refractivity (Wildman–Crippen MR) is 46.6 cm³/mol. The Morgan fingerprint density at radius 1 is 1.46 bits per heavy atom. The molecule has 0 saturated heterocycles. The first-order valence-electron chi connectivity index (χ1n) is 3.87. The van der Waals surface area contributed by atoms with Gasteiger partial charge < -0.3 is 9.64 Å². The van der Waals surface area contributed by atoms with Crippen molar-refractivity contribution in [2.75, 3.05) is 14.1 Å². The molecule has 4 heteroatoms. The Balaban J connectivity index is 2.72. The van der Waals surface area contributed by atoms with Gasteiger partial charge in [-0.25, -0.2) is 0 Å². The summed E-state index contributed by atoms with van der Waals surface area (Å²) in [4.78, 5) is 24.0. The van der Waals surface area contributed by atoms with Crippen molar-refractivity contribution in [3.05, 3.63) is 24.6 Å². The Labute approximate surface area is 76.5 Å². The molecule has 1 rings (SSSR count). The summed E-state index contributed by atoms with van der Waals surface area (Å²) in [7, 11) is 3.62. The highest BCUT2D eigenvalue weighted by molar-refractivity contribution is 6.08. The van der Waals surface area contributed by atoms with Crippen LogP contribution in [-0.4, -0.2) is 30.7 Å². The first kappa shape index (κ1) is 9.51. The summed E-state index contributed by atoms with van der Waals surface area (Å²) in [6, 6.07) is 0. The minimum atomic E-state index is -0.785. The zero-order valence-electron chi connectivity index (χ0n) is 7.56. The SMILES string of the molecule is CN(C)/C=C/C1C(=O)C=COC1=O.